The molecular weight excluding hydrogens is 462 g/mol. The van der Waals surface area contributed by atoms with Crippen molar-refractivity contribution < 1.29 is 17.2 Å². The van der Waals surface area contributed by atoms with Gasteiger partial charge in [0.15, 0.2) is 5.82 Å². The van der Waals surface area contributed by atoms with Crippen LogP contribution >= 0.6 is 11.6 Å². The van der Waals surface area contributed by atoms with Crippen molar-refractivity contribution in [1.82, 2.24) is 14.1 Å². The van der Waals surface area contributed by atoms with E-state index in [0.717, 1.165) is 35.2 Å². The number of rotatable bonds is 6. The van der Waals surface area contributed by atoms with Gasteiger partial charge in [0.2, 0.25) is 10.0 Å². The maximum atomic E-state index is 14.0. The SMILES string of the molecule is O=c1c(Cl)c(NCc2ccc(S(=O)(=O)N3CCCC3)cc2)cnn1-c1ccc(F)cc1F. The van der Waals surface area contributed by atoms with Crippen LogP contribution in [0.1, 0.15) is 18.4 Å². The highest BCUT2D eigenvalue weighted by Gasteiger charge is 2.26. The fourth-order valence-electron chi connectivity index (χ4n) is 3.43. The van der Waals surface area contributed by atoms with Gasteiger partial charge in [-0.05, 0) is 42.7 Å². The Morgan fingerprint density at radius 1 is 1.06 bits per heavy atom. The molecule has 2 aromatic carbocycles. The average molecular weight is 481 g/mol. The molecule has 1 aliphatic rings. The monoisotopic (exact) mass is 480 g/mol. The third-order valence-electron chi connectivity index (χ3n) is 5.17. The number of hydrogen-bond acceptors (Lipinski definition) is 5. The number of nitrogens with zero attached hydrogens (tertiary/aromatic N) is 3. The summed E-state index contributed by atoms with van der Waals surface area (Å²) in [5.74, 6) is -1.72. The van der Waals surface area contributed by atoms with E-state index in [1.54, 1.807) is 24.3 Å². The van der Waals surface area contributed by atoms with Crippen LogP contribution < -0.4 is 10.9 Å². The van der Waals surface area contributed by atoms with Gasteiger partial charge in [-0.2, -0.15) is 14.1 Å². The maximum absolute atomic E-state index is 14.0. The molecule has 1 N–H and O–H groups in total. The van der Waals surface area contributed by atoms with Gasteiger partial charge in [-0.25, -0.2) is 17.2 Å². The zero-order valence-corrected chi connectivity index (χ0v) is 18.3. The molecular formula is C21H19ClF2N4O3S. The van der Waals surface area contributed by atoms with Crippen molar-refractivity contribution in [2.45, 2.75) is 24.3 Å². The Hall–Kier alpha value is -2.82. The second kappa shape index (κ2) is 8.97. The van der Waals surface area contributed by atoms with E-state index in [4.69, 9.17) is 11.6 Å². The number of sulfonamides is 1. The van der Waals surface area contributed by atoms with Gasteiger partial charge >= 0.3 is 0 Å². The standard InChI is InChI=1S/C21H19ClF2N4O3S/c22-20-18(13-26-28(21(20)29)19-8-5-15(23)11-17(19)24)25-12-14-3-6-16(7-4-14)32(30,31)27-9-1-2-10-27/h3-8,11,13,25H,1-2,9-10,12H2. The maximum Gasteiger partial charge on any atom is 0.292 e. The van der Waals surface area contributed by atoms with Crippen molar-refractivity contribution in [3.8, 4) is 5.69 Å². The van der Waals surface area contributed by atoms with Gasteiger partial charge in [-0.3, -0.25) is 4.79 Å². The molecule has 32 heavy (non-hydrogen) atoms. The number of nitrogens with one attached hydrogen (secondary N) is 1. The Morgan fingerprint density at radius 2 is 1.75 bits per heavy atom. The molecule has 0 unspecified atom stereocenters. The van der Waals surface area contributed by atoms with Crippen LogP contribution in [0.3, 0.4) is 0 Å². The summed E-state index contributed by atoms with van der Waals surface area (Å²) >= 11 is 6.14. The van der Waals surface area contributed by atoms with Crippen molar-refractivity contribution in [3.63, 3.8) is 0 Å². The van der Waals surface area contributed by atoms with Crippen LogP contribution in [0.15, 0.2) is 58.4 Å². The first-order chi connectivity index (χ1) is 15.3. The molecule has 1 aliphatic heterocycles. The lowest BCUT2D eigenvalue weighted by molar-refractivity contribution is 0.477. The second-order valence-corrected chi connectivity index (χ2v) is 9.61. The van der Waals surface area contributed by atoms with E-state index in [9.17, 15) is 22.0 Å². The molecule has 3 aromatic rings. The summed E-state index contributed by atoms with van der Waals surface area (Å²) in [5.41, 5.74) is -0.00622. The van der Waals surface area contributed by atoms with Crippen molar-refractivity contribution in [2.75, 3.05) is 18.4 Å². The molecule has 0 atom stereocenters. The van der Waals surface area contributed by atoms with Crippen molar-refractivity contribution in [1.29, 1.82) is 0 Å². The molecule has 0 spiro atoms. The molecule has 2 heterocycles. The molecule has 1 fully saturated rings. The van der Waals surface area contributed by atoms with Crippen LogP contribution in [-0.2, 0) is 16.6 Å². The predicted octanol–water partition coefficient (Wildman–Crippen LogP) is 3.56. The summed E-state index contributed by atoms with van der Waals surface area (Å²) in [4.78, 5) is 12.7. The van der Waals surface area contributed by atoms with Gasteiger partial charge in [0.1, 0.15) is 16.5 Å². The molecule has 0 radical (unpaired) electrons. The fourth-order valence-corrected chi connectivity index (χ4v) is 5.15. The number of halogens is 3. The van der Waals surface area contributed by atoms with Gasteiger partial charge in [0.05, 0.1) is 16.8 Å². The van der Waals surface area contributed by atoms with Crippen LogP contribution in [-0.4, -0.2) is 35.6 Å². The summed E-state index contributed by atoms with van der Waals surface area (Å²) in [6.07, 6.45) is 2.99. The van der Waals surface area contributed by atoms with E-state index in [1.807, 2.05) is 0 Å². The zero-order valence-electron chi connectivity index (χ0n) is 16.8. The number of hydrogen-bond donors (Lipinski definition) is 1. The van der Waals surface area contributed by atoms with Gasteiger partial charge in [0, 0.05) is 25.7 Å². The minimum atomic E-state index is -3.49. The van der Waals surface area contributed by atoms with Gasteiger partial charge in [-0.1, -0.05) is 23.7 Å². The fraction of sp³-hybridized carbons (Fsp3) is 0.238. The lowest BCUT2D eigenvalue weighted by Gasteiger charge is -2.16. The Morgan fingerprint density at radius 3 is 2.41 bits per heavy atom. The number of benzene rings is 2. The quantitative estimate of drug-likeness (QED) is 0.583. The topological polar surface area (TPSA) is 84.3 Å². The van der Waals surface area contributed by atoms with Gasteiger partial charge < -0.3 is 5.32 Å². The summed E-state index contributed by atoms with van der Waals surface area (Å²) in [7, 11) is -3.49. The Balaban J connectivity index is 1.49. The summed E-state index contributed by atoms with van der Waals surface area (Å²) in [6, 6.07) is 9.19. The molecule has 0 aliphatic carbocycles. The highest BCUT2D eigenvalue weighted by atomic mass is 35.5. The highest BCUT2D eigenvalue weighted by Crippen LogP contribution is 2.22. The zero-order chi connectivity index (χ0) is 22.9. The summed E-state index contributed by atoms with van der Waals surface area (Å²) in [5, 5.41) is 6.67. The smallest absolute Gasteiger partial charge is 0.292 e. The van der Waals surface area contributed by atoms with E-state index in [2.05, 4.69) is 10.4 Å². The first-order valence-corrected chi connectivity index (χ1v) is 11.7. The van der Waals surface area contributed by atoms with Crippen LogP contribution in [0.4, 0.5) is 14.5 Å². The second-order valence-electron chi connectivity index (χ2n) is 7.29. The Kier molecular flexibility index (Phi) is 6.27. The summed E-state index contributed by atoms with van der Waals surface area (Å²) < 4.78 is 54.5. The normalized spacial score (nSPS) is 14.6. The van der Waals surface area contributed by atoms with Crippen LogP contribution in [0.5, 0.6) is 0 Å². The highest BCUT2D eigenvalue weighted by molar-refractivity contribution is 7.89. The molecule has 168 valence electrons. The molecule has 1 saturated heterocycles. The van der Waals surface area contributed by atoms with Crippen LogP contribution in [0, 0.1) is 11.6 Å². The first kappa shape index (κ1) is 22.4. The van der Waals surface area contributed by atoms with Gasteiger partial charge in [-0.15, -0.1) is 0 Å². The molecule has 4 rings (SSSR count). The van der Waals surface area contributed by atoms with E-state index in [0.29, 0.717) is 19.2 Å². The van der Waals surface area contributed by atoms with Gasteiger partial charge in [0.25, 0.3) is 5.56 Å². The van der Waals surface area contributed by atoms with E-state index in [-0.39, 0.29) is 27.8 Å². The predicted molar refractivity (Wildman–Crippen MR) is 117 cm³/mol. The molecule has 1 aromatic heterocycles. The average Bonchev–Trinajstić information content (AvgIpc) is 3.32. The Bertz CT molecular complexity index is 1310. The molecule has 0 saturated carbocycles. The largest absolute Gasteiger partial charge is 0.378 e. The third-order valence-corrected chi connectivity index (χ3v) is 7.44. The molecule has 0 amide bonds. The van der Waals surface area contributed by atoms with E-state index >= 15 is 0 Å². The van der Waals surface area contributed by atoms with Crippen molar-refractivity contribution in [3.05, 3.63) is 81.2 Å². The van der Waals surface area contributed by atoms with Crippen molar-refractivity contribution >= 4 is 27.3 Å². The van der Waals surface area contributed by atoms with E-state index in [1.165, 1.54) is 10.5 Å². The minimum absolute atomic E-state index is 0.211. The van der Waals surface area contributed by atoms with Crippen molar-refractivity contribution in [2.24, 2.45) is 0 Å². The minimum Gasteiger partial charge on any atom is -0.378 e. The number of aromatic nitrogens is 2. The lowest BCUT2D eigenvalue weighted by atomic mass is 10.2. The molecule has 11 heteroatoms. The third kappa shape index (κ3) is 4.38. The van der Waals surface area contributed by atoms with Crippen LogP contribution in [0.25, 0.3) is 5.69 Å². The molecule has 7 nitrogen and oxygen atoms in total. The van der Waals surface area contributed by atoms with Crippen LogP contribution in [0.2, 0.25) is 5.02 Å². The lowest BCUT2D eigenvalue weighted by Crippen LogP contribution is -2.27. The van der Waals surface area contributed by atoms with E-state index < -0.39 is 27.2 Å². The Labute approximate surface area is 188 Å². The summed E-state index contributed by atoms with van der Waals surface area (Å²) in [6.45, 7) is 1.31. The number of anilines is 1. The first-order valence-electron chi connectivity index (χ1n) is 9.83. The molecule has 0 bridgehead atoms.